The fourth-order valence-electron chi connectivity index (χ4n) is 2.13. The van der Waals surface area contributed by atoms with E-state index in [-0.39, 0.29) is 15.7 Å². The number of primary amides is 1. The normalized spacial score (nSPS) is 12.4. The first-order valence-corrected chi connectivity index (χ1v) is 8.75. The Balaban J connectivity index is 2.39. The molecule has 1 amide bonds. The summed E-state index contributed by atoms with van der Waals surface area (Å²) < 4.78 is 24.9. The minimum Gasteiger partial charge on any atom is -0.397 e. The maximum absolute atomic E-state index is 13.1. The van der Waals surface area contributed by atoms with Crippen LogP contribution in [-0.4, -0.2) is 26.3 Å². The van der Waals surface area contributed by atoms with Crippen LogP contribution < -0.4 is 11.5 Å². The van der Waals surface area contributed by atoms with E-state index in [1.807, 2.05) is 0 Å². The fraction of sp³-hybridized carbons (Fsp3) is 0.0714. The number of amides is 1. The highest BCUT2D eigenvalue weighted by molar-refractivity contribution is 7.84. The van der Waals surface area contributed by atoms with Gasteiger partial charge in [0.15, 0.2) is 0 Å². The zero-order valence-electron chi connectivity index (χ0n) is 11.9. The van der Waals surface area contributed by atoms with Gasteiger partial charge >= 0.3 is 0 Å². The van der Waals surface area contributed by atoms with Crippen molar-refractivity contribution in [3.63, 3.8) is 0 Å². The Morgan fingerprint density at radius 2 is 1.91 bits per heavy atom. The van der Waals surface area contributed by atoms with E-state index in [4.69, 9.17) is 11.5 Å². The molecule has 118 valence electrons. The van der Waals surface area contributed by atoms with Crippen LogP contribution >= 0.6 is 11.3 Å². The first kappa shape index (κ1) is 15.5. The van der Waals surface area contributed by atoms with Crippen LogP contribution in [0.25, 0.3) is 21.5 Å². The predicted octanol–water partition coefficient (Wildman–Crippen LogP) is 1.92. The molecule has 0 fully saturated rings. The van der Waals surface area contributed by atoms with Gasteiger partial charge in [-0.15, -0.1) is 11.3 Å². The highest BCUT2D eigenvalue weighted by Crippen LogP contribution is 2.38. The number of aromatic nitrogens is 2. The number of nitrogens with zero attached hydrogens (tertiary/aromatic N) is 2. The number of rotatable bonds is 3. The van der Waals surface area contributed by atoms with Crippen LogP contribution in [-0.2, 0) is 10.8 Å². The number of carbonyl (C=O) groups excluding carboxylic acids is 1. The van der Waals surface area contributed by atoms with Gasteiger partial charge in [0.2, 0.25) is 5.16 Å². The SMILES string of the molecule is CS(=O)c1nc(-c2ccc(F)cc2)c2c(N)c(C(N)=O)sc2n1. The van der Waals surface area contributed by atoms with E-state index in [9.17, 15) is 13.4 Å². The van der Waals surface area contributed by atoms with Crippen LogP contribution in [0.15, 0.2) is 29.4 Å². The van der Waals surface area contributed by atoms with Crippen LogP contribution in [0.1, 0.15) is 9.67 Å². The van der Waals surface area contributed by atoms with Gasteiger partial charge in [0.1, 0.15) is 15.5 Å². The standard InChI is InChI=1S/C14H11FN4O2S2/c1-23(21)14-18-10(6-2-4-7(15)5-3-6)8-9(16)11(12(17)20)22-13(8)19-14/h2-5H,16H2,1H3,(H2,17,20). The molecule has 0 radical (unpaired) electrons. The molecule has 2 aromatic heterocycles. The highest BCUT2D eigenvalue weighted by atomic mass is 32.2. The number of nitrogen functional groups attached to an aromatic ring is 1. The third-order valence-electron chi connectivity index (χ3n) is 3.17. The van der Waals surface area contributed by atoms with Crippen molar-refractivity contribution in [2.24, 2.45) is 5.73 Å². The van der Waals surface area contributed by atoms with Crippen molar-refractivity contribution >= 4 is 43.9 Å². The lowest BCUT2D eigenvalue weighted by molar-refractivity contribution is 0.100. The molecule has 1 unspecified atom stereocenters. The maximum atomic E-state index is 13.1. The fourth-order valence-corrected chi connectivity index (χ4v) is 3.57. The smallest absolute Gasteiger partial charge is 0.260 e. The number of thiophene rings is 1. The Kier molecular flexibility index (Phi) is 3.82. The lowest BCUT2D eigenvalue weighted by Crippen LogP contribution is -2.10. The lowest BCUT2D eigenvalue weighted by Gasteiger charge is -2.06. The molecule has 0 spiro atoms. The number of halogens is 1. The molecule has 0 bridgehead atoms. The van der Waals surface area contributed by atoms with Gasteiger partial charge in [-0.2, -0.15) is 0 Å². The number of hydrogen-bond acceptors (Lipinski definition) is 6. The average Bonchev–Trinajstić information content (AvgIpc) is 2.84. The van der Waals surface area contributed by atoms with E-state index in [2.05, 4.69) is 9.97 Å². The van der Waals surface area contributed by atoms with Crippen molar-refractivity contribution < 1.29 is 13.4 Å². The van der Waals surface area contributed by atoms with Gasteiger partial charge in [-0.05, 0) is 24.3 Å². The van der Waals surface area contributed by atoms with Gasteiger partial charge in [0.25, 0.3) is 5.91 Å². The molecule has 3 aromatic rings. The van der Waals surface area contributed by atoms with Crippen LogP contribution in [0.5, 0.6) is 0 Å². The number of hydrogen-bond donors (Lipinski definition) is 2. The third-order valence-corrected chi connectivity index (χ3v) is 4.98. The van der Waals surface area contributed by atoms with E-state index in [0.717, 1.165) is 11.3 Å². The summed E-state index contributed by atoms with van der Waals surface area (Å²) >= 11 is 1.02. The maximum Gasteiger partial charge on any atom is 0.260 e. The number of nitrogens with two attached hydrogens (primary N) is 2. The first-order chi connectivity index (χ1) is 10.9. The van der Waals surface area contributed by atoms with Crippen LogP contribution in [0.4, 0.5) is 10.1 Å². The summed E-state index contributed by atoms with van der Waals surface area (Å²) in [6, 6.07) is 5.62. The van der Waals surface area contributed by atoms with Crippen LogP contribution in [0.2, 0.25) is 0 Å². The summed E-state index contributed by atoms with van der Waals surface area (Å²) in [4.78, 5) is 20.5. The topological polar surface area (TPSA) is 112 Å². The van der Waals surface area contributed by atoms with Crippen molar-refractivity contribution in [1.82, 2.24) is 9.97 Å². The van der Waals surface area contributed by atoms with Crippen molar-refractivity contribution in [2.75, 3.05) is 12.0 Å². The molecular weight excluding hydrogens is 339 g/mol. The molecule has 2 heterocycles. The summed E-state index contributed by atoms with van der Waals surface area (Å²) in [6.07, 6.45) is 1.45. The third kappa shape index (κ3) is 2.68. The van der Waals surface area contributed by atoms with E-state index >= 15 is 0 Å². The molecular formula is C14H11FN4O2S2. The van der Waals surface area contributed by atoms with Crippen molar-refractivity contribution in [1.29, 1.82) is 0 Å². The van der Waals surface area contributed by atoms with Crippen LogP contribution in [0, 0.1) is 5.82 Å². The van der Waals surface area contributed by atoms with E-state index in [1.165, 1.54) is 30.5 Å². The Labute approximate surface area is 136 Å². The molecule has 0 aliphatic rings. The van der Waals surface area contributed by atoms with Gasteiger partial charge in [-0.1, -0.05) is 0 Å². The molecule has 6 nitrogen and oxygen atoms in total. The van der Waals surface area contributed by atoms with Gasteiger partial charge in [0, 0.05) is 11.8 Å². The molecule has 4 N–H and O–H groups in total. The summed E-state index contributed by atoms with van der Waals surface area (Å²) in [5, 5.41) is 0.554. The summed E-state index contributed by atoms with van der Waals surface area (Å²) in [5.74, 6) is -1.07. The Morgan fingerprint density at radius 3 is 2.48 bits per heavy atom. The Bertz CT molecular complexity index is 954. The predicted molar refractivity (Wildman–Crippen MR) is 88.1 cm³/mol. The number of carbonyl (C=O) groups is 1. The van der Waals surface area contributed by atoms with Crippen molar-refractivity contribution in [2.45, 2.75) is 5.16 Å². The molecule has 0 saturated heterocycles. The second-order valence-corrected chi connectivity index (χ2v) is 6.98. The average molecular weight is 350 g/mol. The quantitative estimate of drug-likeness (QED) is 0.701. The molecule has 0 aliphatic carbocycles. The van der Waals surface area contributed by atoms with E-state index in [0.29, 0.717) is 21.5 Å². The van der Waals surface area contributed by atoms with Gasteiger partial charge < -0.3 is 11.5 Å². The second-order valence-electron chi connectivity index (χ2n) is 4.71. The zero-order chi connectivity index (χ0) is 16.7. The molecule has 9 heteroatoms. The lowest BCUT2D eigenvalue weighted by atomic mass is 10.1. The molecule has 3 rings (SSSR count). The zero-order valence-corrected chi connectivity index (χ0v) is 13.5. The molecule has 1 atom stereocenters. The molecule has 0 aliphatic heterocycles. The summed E-state index contributed by atoms with van der Waals surface area (Å²) in [7, 11) is -1.43. The molecule has 1 aromatic carbocycles. The van der Waals surface area contributed by atoms with Crippen molar-refractivity contribution in [3.05, 3.63) is 35.0 Å². The Hall–Kier alpha value is -2.39. The van der Waals surface area contributed by atoms with E-state index < -0.39 is 22.5 Å². The van der Waals surface area contributed by atoms with Gasteiger partial charge in [-0.3, -0.25) is 9.00 Å². The van der Waals surface area contributed by atoms with Crippen molar-refractivity contribution in [3.8, 4) is 11.3 Å². The largest absolute Gasteiger partial charge is 0.397 e. The monoisotopic (exact) mass is 350 g/mol. The summed E-state index contributed by atoms with van der Waals surface area (Å²) in [6.45, 7) is 0. The number of fused-ring (bicyclic) bond motifs is 1. The second kappa shape index (κ2) is 5.67. The summed E-state index contributed by atoms with van der Waals surface area (Å²) in [5.41, 5.74) is 12.5. The first-order valence-electron chi connectivity index (χ1n) is 6.37. The molecule has 23 heavy (non-hydrogen) atoms. The minimum absolute atomic E-state index is 0.106. The van der Waals surface area contributed by atoms with E-state index in [1.54, 1.807) is 0 Å². The minimum atomic E-state index is -1.43. The van der Waals surface area contributed by atoms with Crippen LogP contribution in [0.3, 0.4) is 0 Å². The number of benzene rings is 1. The Morgan fingerprint density at radius 1 is 1.26 bits per heavy atom. The van der Waals surface area contributed by atoms with Gasteiger partial charge in [-0.25, -0.2) is 14.4 Å². The molecule has 0 saturated carbocycles. The van der Waals surface area contributed by atoms with Gasteiger partial charge in [0.05, 0.1) is 27.6 Å². The number of anilines is 1. The highest BCUT2D eigenvalue weighted by Gasteiger charge is 2.21.